The van der Waals surface area contributed by atoms with Crippen molar-refractivity contribution in [3.05, 3.63) is 0 Å². The molecule has 4 heteroatoms. The Bertz CT molecular complexity index is 176. The molecule has 0 spiro atoms. The van der Waals surface area contributed by atoms with Gasteiger partial charge in [0.15, 0.2) is 0 Å². The number of carbonyl (C=O) groups is 2. The molecule has 0 saturated carbocycles. The van der Waals surface area contributed by atoms with Gasteiger partial charge >= 0.3 is 5.97 Å². The van der Waals surface area contributed by atoms with Gasteiger partial charge in [-0.05, 0) is 12.8 Å². The summed E-state index contributed by atoms with van der Waals surface area (Å²) in [4.78, 5) is 26.1. The Labute approximate surface area is 77.8 Å². The van der Waals surface area contributed by atoms with Crippen LogP contribution < -0.4 is 0 Å². The maximum Gasteiger partial charge on any atom is 0.325 e. The second-order valence-corrected chi connectivity index (χ2v) is 3.16. The van der Waals surface area contributed by atoms with Gasteiger partial charge in [0, 0.05) is 19.5 Å². The molecule has 1 heterocycles. The Morgan fingerprint density at radius 3 is 2.62 bits per heavy atom. The zero-order chi connectivity index (χ0) is 9.52. The molecule has 1 fully saturated rings. The van der Waals surface area contributed by atoms with Crippen molar-refractivity contribution in [1.29, 1.82) is 0 Å². The minimum Gasteiger partial charge on any atom is -0.368 e. The maximum absolute atomic E-state index is 11.0. The van der Waals surface area contributed by atoms with Crippen LogP contribution in [0.15, 0.2) is 0 Å². The number of nitrogens with zero attached hydrogens (tertiary/aromatic N) is 1. The number of aldehydes is 1. The number of hydrogen-bond donors (Lipinski definition) is 0. The highest BCUT2D eigenvalue weighted by molar-refractivity contribution is 5.72. The van der Waals surface area contributed by atoms with Gasteiger partial charge in [-0.1, -0.05) is 6.42 Å². The monoisotopic (exact) mass is 185 g/mol. The number of piperidine rings is 1. The normalized spacial score (nSPS) is 18.2. The van der Waals surface area contributed by atoms with Gasteiger partial charge in [-0.15, -0.1) is 5.06 Å². The van der Waals surface area contributed by atoms with Crippen molar-refractivity contribution in [1.82, 2.24) is 5.06 Å². The summed E-state index contributed by atoms with van der Waals surface area (Å²) in [6.07, 6.45) is 4.56. The first kappa shape index (κ1) is 10.2. The van der Waals surface area contributed by atoms with Crippen LogP contribution in [0, 0.1) is 0 Å². The van der Waals surface area contributed by atoms with Crippen molar-refractivity contribution < 1.29 is 14.4 Å². The van der Waals surface area contributed by atoms with E-state index < -0.39 is 0 Å². The number of hydrogen-bond acceptors (Lipinski definition) is 4. The van der Waals surface area contributed by atoms with E-state index in [1.165, 1.54) is 6.42 Å². The van der Waals surface area contributed by atoms with Crippen molar-refractivity contribution in [2.24, 2.45) is 0 Å². The van der Waals surface area contributed by atoms with E-state index in [0.717, 1.165) is 32.2 Å². The fourth-order valence-electron chi connectivity index (χ4n) is 1.32. The molecule has 1 saturated heterocycles. The van der Waals surface area contributed by atoms with Crippen molar-refractivity contribution in [3.8, 4) is 0 Å². The van der Waals surface area contributed by atoms with E-state index in [0.29, 0.717) is 0 Å². The van der Waals surface area contributed by atoms with Crippen molar-refractivity contribution in [2.75, 3.05) is 13.1 Å². The smallest absolute Gasteiger partial charge is 0.325 e. The van der Waals surface area contributed by atoms with Gasteiger partial charge in [0.25, 0.3) is 0 Å². The molecule has 0 N–H and O–H groups in total. The SMILES string of the molecule is O=CCCC(=O)ON1CCCCC1. The highest BCUT2D eigenvalue weighted by Crippen LogP contribution is 2.09. The predicted octanol–water partition coefficient (Wildman–Crippen LogP) is 0.910. The van der Waals surface area contributed by atoms with E-state index in [1.807, 2.05) is 0 Å². The topological polar surface area (TPSA) is 46.6 Å². The summed E-state index contributed by atoms with van der Waals surface area (Å²) in [6.45, 7) is 1.65. The summed E-state index contributed by atoms with van der Waals surface area (Å²) in [5.74, 6) is -0.297. The second kappa shape index (κ2) is 5.70. The molecule has 0 aromatic rings. The first-order valence-corrected chi connectivity index (χ1v) is 4.72. The van der Waals surface area contributed by atoms with Gasteiger partial charge < -0.3 is 9.63 Å². The highest BCUT2D eigenvalue weighted by Gasteiger charge is 2.14. The zero-order valence-corrected chi connectivity index (χ0v) is 7.70. The summed E-state index contributed by atoms with van der Waals surface area (Å²) in [7, 11) is 0. The third kappa shape index (κ3) is 4.03. The number of hydroxylamine groups is 2. The third-order valence-electron chi connectivity index (χ3n) is 2.01. The summed E-state index contributed by atoms with van der Waals surface area (Å²) < 4.78 is 0. The first-order valence-electron chi connectivity index (χ1n) is 4.72. The van der Waals surface area contributed by atoms with Gasteiger partial charge in [-0.2, -0.15) is 0 Å². The van der Waals surface area contributed by atoms with Gasteiger partial charge in [-0.3, -0.25) is 4.79 Å². The molecule has 1 aliphatic heterocycles. The molecule has 0 radical (unpaired) electrons. The molecule has 74 valence electrons. The Morgan fingerprint density at radius 1 is 1.31 bits per heavy atom. The van der Waals surface area contributed by atoms with Gasteiger partial charge in [0.2, 0.25) is 0 Å². The van der Waals surface area contributed by atoms with Crippen LogP contribution >= 0.6 is 0 Å². The van der Waals surface area contributed by atoms with E-state index >= 15 is 0 Å². The minimum atomic E-state index is -0.297. The van der Waals surface area contributed by atoms with Crippen LogP contribution in [-0.4, -0.2) is 30.4 Å². The summed E-state index contributed by atoms with van der Waals surface area (Å²) >= 11 is 0. The lowest BCUT2D eigenvalue weighted by molar-refractivity contribution is -0.194. The molecule has 1 rings (SSSR count). The molecular weight excluding hydrogens is 170 g/mol. The Morgan fingerprint density at radius 2 is 2.00 bits per heavy atom. The van der Waals surface area contributed by atoms with Crippen LogP contribution in [0.4, 0.5) is 0 Å². The van der Waals surface area contributed by atoms with E-state index in [9.17, 15) is 9.59 Å². The van der Waals surface area contributed by atoms with Crippen LogP contribution in [0.2, 0.25) is 0 Å². The summed E-state index contributed by atoms with van der Waals surface area (Å²) in [6, 6.07) is 0. The minimum absolute atomic E-state index is 0.194. The third-order valence-corrected chi connectivity index (χ3v) is 2.01. The van der Waals surface area contributed by atoms with Gasteiger partial charge in [0.05, 0.1) is 6.42 Å². The zero-order valence-electron chi connectivity index (χ0n) is 7.70. The number of carbonyl (C=O) groups excluding carboxylic acids is 2. The molecule has 0 aliphatic carbocycles. The largest absolute Gasteiger partial charge is 0.368 e. The van der Waals surface area contributed by atoms with E-state index in [-0.39, 0.29) is 18.8 Å². The van der Waals surface area contributed by atoms with Gasteiger partial charge in [0.1, 0.15) is 6.29 Å². The lowest BCUT2D eigenvalue weighted by atomic mass is 10.2. The molecular formula is C9H15NO3. The molecule has 4 nitrogen and oxygen atoms in total. The molecule has 1 aliphatic rings. The molecule has 0 amide bonds. The van der Waals surface area contributed by atoms with E-state index in [1.54, 1.807) is 5.06 Å². The lowest BCUT2D eigenvalue weighted by Gasteiger charge is -2.24. The Hall–Kier alpha value is -0.900. The average Bonchev–Trinajstić information content (AvgIpc) is 2.16. The summed E-state index contributed by atoms with van der Waals surface area (Å²) in [5.41, 5.74) is 0. The van der Waals surface area contributed by atoms with Crippen LogP contribution in [0.3, 0.4) is 0 Å². The van der Waals surface area contributed by atoms with Crippen LogP contribution in [0.5, 0.6) is 0 Å². The van der Waals surface area contributed by atoms with E-state index in [4.69, 9.17) is 4.84 Å². The maximum atomic E-state index is 11.0. The predicted molar refractivity (Wildman–Crippen MR) is 46.8 cm³/mol. The van der Waals surface area contributed by atoms with Crippen LogP contribution in [0.1, 0.15) is 32.1 Å². The Kier molecular flexibility index (Phi) is 4.46. The van der Waals surface area contributed by atoms with Crippen LogP contribution in [-0.2, 0) is 14.4 Å². The highest BCUT2D eigenvalue weighted by atomic mass is 16.7. The molecule has 0 bridgehead atoms. The van der Waals surface area contributed by atoms with Crippen molar-refractivity contribution in [3.63, 3.8) is 0 Å². The van der Waals surface area contributed by atoms with Gasteiger partial charge in [-0.25, -0.2) is 0 Å². The molecule has 0 atom stereocenters. The number of rotatable bonds is 4. The summed E-state index contributed by atoms with van der Waals surface area (Å²) in [5, 5.41) is 1.69. The Balaban J connectivity index is 2.14. The standard InChI is InChI=1S/C9H15NO3/c11-8-4-5-9(12)13-10-6-2-1-3-7-10/h8H,1-7H2. The quantitative estimate of drug-likeness (QED) is 0.611. The molecule has 0 aromatic heterocycles. The van der Waals surface area contributed by atoms with Crippen molar-refractivity contribution >= 4 is 12.3 Å². The van der Waals surface area contributed by atoms with Crippen LogP contribution in [0.25, 0.3) is 0 Å². The molecule has 13 heavy (non-hydrogen) atoms. The fraction of sp³-hybridized carbons (Fsp3) is 0.778. The lowest BCUT2D eigenvalue weighted by Crippen LogP contribution is -2.32. The molecule has 0 aromatic carbocycles. The fourth-order valence-corrected chi connectivity index (χ4v) is 1.32. The van der Waals surface area contributed by atoms with Crippen molar-refractivity contribution in [2.45, 2.75) is 32.1 Å². The first-order chi connectivity index (χ1) is 6.33. The second-order valence-electron chi connectivity index (χ2n) is 3.16. The molecule has 0 unspecified atom stereocenters. The average molecular weight is 185 g/mol. The van der Waals surface area contributed by atoms with E-state index in [2.05, 4.69) is 0 Å².